The fourth-order valence-corrected chi connectivity index (χ4v) is 2.65. The van der Waals surface area contributed by atoms with Crippen molar-refractivity contribution in [2.24, 2.45) is 0 Å². The molecule has 0 radical (unpaired) electrons. The molecule has 94 valence electrons. The largest absolute Gasteiger partial charge is 0.396 e. The molecule has 0 saturated carbocycles. The minimum Gasteiger partial charge on any atom is -0.396 e. The number of aromatic nitrogens is 1. The first-order valence-electron chi connectivity index (χ1n) is 6.64. The van der Waals surface area contributed by atoms with E-state index in [0.717, 1.165) is 19.4 Å². The average Bonchev–Trinajstić information content (AvgIpc) is 2.39. The lowest BCUT2D eigenvalue weighted by Crippen LogP contribution is -2.41. The third-order valence-corrected chi connectivity index (χ3v) is 3.62. The molecular formula is C14H22N2O. The van der Waals surface area contributed by atoms with Crippen LogP contribution >= 0.6 is 0 Å². The van der Waals surface area contributed by atoms with E-state index in [1.807, 2.05) is 18.5 Å². The lowest BCUT2D eigenvalue weighted by atomic mass is 9.99. The summed E-state index contributed by atoms with van der Waals surface area (Å²) in [7, 11) is 0. The highest BCUT2D eigenvalue weighted by molar-refractivity contribution is 5.08. The van der Waals surface area contributed by atoms with E-state index in [1.165, 1.54) is 31.4 Å². The molecule has 1 N–H and O–H groups in total. The second-order valence-corrected chi connectivity index (χ2v) is 4.81. The number of aliphatic hydroxyl groups excluding tert-OH is 1. The third-order valence-electron chi connectivity index (χ3n) is 3.62. The molecule has 1 aromatic rings. The first kappa shape index (κ1) is 12.5. The molecule has 3 heteroatoms. The number of nitrogens with zero attached hydrogens (tertiary/aromatic N) is 2. The number of pyridine rings is 1. The summed E-state index contributed by atoms with van der Waals surface area (Å²) in [4.78, 5) is 6.68. The van der Waals surface area contributed by atoms with E-state index in [-0.39, 0.29) is 0 Å². The summed E-state index contributed by atoms with van der Waals surface area (Å²) < 4.78 is 0. The van der Waals surface area contributed by atoms with Gasteiger partial charge in [0.2, 0.25) is 0 Å². The molecule has 1 atom stereocenters. The molecule has 1 aliphatic rings. The van der Waals surface area contributed by atoms with Crippen LogP contribution in [0.3, 0.4) is 0 Å². The average molecular weight is 234 g/mol. The Balaban J connectivity index is 1.84. The lowest BCUT2D eigenvalue weighted by molar-refractivity contribution is 0.120. The molecule has 1 saturated heterocycles. The van der Waals surface area contributed by atoms with Crippen molar-refractivity contribution in [3.63, 3.8) is 0 Å². The van der Waals surface area contributed by atoms with Gasteiger partial charge in [0.25, 0.3) is 0 Å². The zero-order valence-corrected chi connectivity index (χ0v) is 10.4. The van der Waals surface area contributed by atoms with Crippen LogP contribution in [0.25, 0.3) is 0 Å². The number of likely N-dealkylation sites (tertiary alicyclic amines) is 1. The Morgan fingerprint density at radius 3 is 3.12 bits per heavy atom. The Labute approximate surface area is 103 Å². The van der Waals surface area contributed by atoms with E-state index >= 15 is 0 Å². The Kier molecular flexibility index (Phi) is 4.95. The van der Waals surface area contributed by atoms with E-state index in [2.05, 4.69) is 16.0 Å². The molecular weight excluding hydrogens is 212 g/mol. The molecule has 2 rings (SSSR count). The van der Waals surface area contributed by atoms with E-state index in [4.69, 9.17) is 5.11 Å². The predicted octanol–water partition coefficient (Wildman–Crippen LogP) is 1.86. The molecule has 0 amide bonds. The van der Waals surface area contributed by atoms with Crippen LogP contribution in [0.1, 0.15) is 31.2 Å². The van der Waals surface area contributed by atoms with Gasteiger partial charge in [-0.05, 0) is 43.9 Å². The fourth-order valence-electron chi connectivity index (χ4n) is 2.65. The van der Waals surface area contributed by atoms with Crippen molar-refractivity contribution in [3.8, 4) is 0 Å². The zero-order valence-electron chi connectivity index (χ0n) is 10.4. The second kappa shape index (κ2) is 6.72. The quantitative estimate of drug-likeness (QED) is 0.845. The van der Waals surface area contributed by atoms with Gasteiger partial charge in [0.15, 0.2) is 0 Å². The van der Waals surface area contributed by atoms with Crippen LogP contribution in [0.2, 0.25) is 0 Å². The lowest BCUT2D eigenvalue weighted by Gasteiger charge is -2.35. The summed E-state index contributed by atoms with van der Waals surface area (Å²) >= 11 is 0. The van der Waals surface area contributed by atoms with Gasteiger partial charge in [0.1, 0.15) is 0 Å². The van der Waals surface area contributed by atoms with Gasteiger partial charge in [0, 0.05) is 31.6 Å². The Morgan fingerprint density at radius 2 is 2.35 bits per heavy atom. The molecule has 17 heavy (non-hydrogen) atoms. The maximum atomic E-state index is 9.08. The number of aliphatic hydroxyl groups is 1. The summed E-state index contributed by atoms with van der Waals surface area (Å²) in [5.74, 6) is 0. The molecule has 2 heterocycles. The van der Waals surface area contributed by atoms with E-state index in [0.29, 0.717) is 12.6 Å². The molecule has 0 spiro atoms. The van der Waals surface area contributed by atoms with E-state index in [1.54, 1.807) is 0 Å². The SMILES string of the molecule is OCCC1CCCCN1CCc1cccnc1. The fraction of sp³-hybridized carbons (Fsp3) is 0.643. The Bertz CT molecular complexity index is 313. The molecule has 3 nitrogen and oxygen atoms in total. The summed E-state index contributed by atoms with van der Waals surface area (Å²) in [5, 5.41) is 9.08. The van der Waals surface area contributed by atoms with Crippen LogP contribution in [0.5, 0.6) is 0 Å². The summed E-state index contributed by atoms with van der Waals surface area (Å²) in [5.41, 5.74) is 1.31. The summed E-state index contributed by atoms with van der Waals surface area (Å²) in [6.45, 7) is 2.59. The van der Waals surface area contributed by atoms with Crippen molar-refractivity contribution < 1.29 is 5.11 Å². The maximum Gasteiger partial charge on any atom is 0.0445 e. The molecule has 0 aliphatic carbocycles. The van der Waals surface area contributed by atoms with Gasteiger partial charge in [-0.25, -0.2) is 0 Å². The molecule has 1 aliphatic heterocycles. The summed E-state index contributed by atoms with van der Waals surface area (Å²) in [6, 6.07) is 4.72. The van der Waals surface area contributed by atoms with Crippen LogP contribution < -0.4 is 0 Å². The second-order valence-electron chi connectivity index (χ2n) is 4.81. The highest BCUT2D eigenvalue weighted by atomic mass is 16.3. The van der Waals surface area contributed by atoms with Gasteiger partial charge in [-0.15, -0.1) is 0 Å². The van der Waals surface area contributed by atoms with Gasteiger partial charge in [-0.1, -0.05) is 12.5 Å². The maximum absolute atomic E-state index is 9.08. The van der Waals surface area contributed by atoms with Gasteiger partial charge >= 0.3 is 0 Å². The first-order chi connectivity index (χ1) is 8.40. The normalized spacial score (nSPS) is 21.6. The monoisotopic (exact) mass is 234 g/mol. The molecule has 1 unspecified atom stereocenters. The number of hydrogen-bond donors (Lipinski definition) is 1. The smallest absolute Gasteiger partial charge is 0.0445 e. The van der Waals surface area contributed by atoms with Gasteiger partial charge in [0.05, 0.1) is 0 Å². The molecule has 1 aromatic heterocycles. The summed E-state index contributed by atoms with van der Waals surface area (Å²) in [6.07, 6.45) is 9.61. The van der Waals surface area contributed by atoms with E-state index < -0.39 is 0 Å². The predicted molar refractivity (Wildman–Crippen MR) is 68.9 cm³/mol. The van der Waals surface area contributed by atoms with Crippen molar-refractivity contribution in [3.05, 3.63) is 30.1 Å². The minimum absolute atomic E-state index is 0.314. The van der Waals surface area contributed by atoms with Crippen LogP contribution in [0, 0.1) is 0 Å². The van der Waals surface area contributed by atoms with Gasteiger partial charge in [-0.2, -0.15) is 0 Å². The number of hydrogen-bond acceptors (Lipinski definition) is 3. The number of rotatable bonds is 5. The van der Waals surface area contributed by atoms with Gasteiger partial charge < -0.3 is 5.11 Å². The Hall–Kier alpha value is -0.930. The molecule has 1 fully saturated rings. The number of piperidine rings is 1. The zero-order chi connectivity index (χ0) is 11.9. The van der Waals surface area contributed by atoms with Crippen LogP contribution in [0.15, 0.2) is 24.5 Å². The van der Waals surface area contributed by atoms with Crippen molar-refractivity contribution >= 4 is 0 Å². The highest BCUT2D eigenvalue weighted by Gasteiger charge is 2.21. The highest BCUT2D eigenvalue weighted by Crippen LogP contribution is 2.19. The van der Waals surface area contributed by atoms with Crippen LogP contribution in [-0.2, 0) is 6.42 Å². The first-order valence-corrected chi connectivity index (χ1v) is 6.64. The van der Waals surface area contributed by atoms with E-state index in [9.17, 15) is 0 Å². The van der Waals surface area contributed by atoms with Gasteiger partial charge in [-0.3, -0.25) is 9.88 Å². The van der Waals surface area contributed by atoms with Crippen molar-refractivity contribution in [1.29, 1.82) is 0 Å². The Morgan fingerprint density at radius 1 is 1.41 bits per heavy atom. The minimum atomic E-state index is 0.314. The van der Waals surface area contributed by atoms with Crippen LogP contribution in [-0.4, -0.2) is 40.7 Å². The molecule has 0 bridgehead atoms. The van der Waals surface area contributed by atoms with Crippen molar-refractivity contribution in [2.45, 2.75) is 38.1 Å². The molecule has 0 aromatic carbocycles. The van der Waals surface area contributed by atoms with Crippen molar-refractivity contribution in [1.82, 2.24) is 9.88 Å². The van der Waals surface area contributed by atoms with Crippen LogP contribution in [0.4, 0.5) is 0 Å². The topological polar surface area (TPSA) is 36.4 Å². The van der Waals surface area contributed by atoms with Crippen molar-refractivity contribution in [2.75, 3.05) is 19.7 Å². The third kappa shape index (κ3) is 3.79. The standard InChI is InChI=1S/C14H22N2O/c17-11-7-14-5-1-2-9-16(14)10-6-13-4-3-8-15-12-13/h3-4,8,12,14,17H,1-2,5-7,9-11H2.